The number of aryl methyl sites for hydroxylation is 1. The number of amides is 1. The van der Waals surface area contributed by atoms with Gasteiger partial charge in [0.05, 0.1) is 5.69 Å². The molecule has 1 rings (SSSR count). The van der Waals surface area contributed by atoms with Crippen molar-refractivity contribution in [3.05, 3.63) is 17.8 Å². The molecule has 0 aliphatic carbocycles. The van der Waals surface area contributed by atoms with Crippen LogP contribution in [0.3, 0.4) is 0 Å². The van der Waals surface area contributed by atoms with Gasteiger partial charge in [-0.1, -0.05) is 6.92 Å². The molecule has 0 fully saturated rings. The first-order chi connectivity index (χ1) is 8.13. The van der Waals surface area contributed by atoms with Gasteiger partial charge < -0.3 is 16.4 Å². The van der Waals surface area contributed by atoms with Crippen molar-refractivity contribution < 1.29 is 4.79 Å². The summed E-state index contributed by atoms with van der Waals surface area (Å²) in [6.07, 6.45) is 1.38. The second-order valence-electron chi connectivity index (χ2n) is 3.92. The molecule has 1 heterocycles. The van der Waals surface area contributed by atoms with Crippen LogP contribution in [0.4, 0.5) is 11.5 Å². The van der Waals surface area contributed by atoms with Gasteiger partial charge in [0.2, 0.25) is 5.91 Å². The summed E-state index contributed by atoms with van der Waals surface area (Å²) in [5.74, 6) is 0.693. The third-order valence-electron chi connectivity index (χ3n) is 2.28. The number of pyridine rings is 1. The summed E-state index contributed by atoms with van der Waals surface area (Å²) >= 11 is 0. The Bertz CT molecular complexity index is 379. The van der Waals surface area contributed by atoms with Crippen LogP contribution in [0.2, 0.25) is 0 Å². The minimum absolute atomic E-state index is 0.0468. The van der Waals surface area contributed by atoms with Gasteiger partial charge in [0, 0.05) is 25.2 Å². The van der Waals surface area contributed by atoms with Gasteiger partial charge in [-0.05, 0) is 25.5 Å². The molecule has 0 radical (unpaired) electrons. The van der Waals surface area contributed by atoms with Gasteiger partial charge in [-0.2, -0.15) is 0 Å². The lowest BCUT2D eigenvalue weighted by Crippen LogP contribution is -2.26. The van der Waals surface area contributed by atoms with E-state index in [-0.39, 0.29) is 5.91 Å². The molecular formula is C12H20N4O. The predicted octanol–water partition coefficient (Wildman–Crippen LogP) is 1.30. The first-order valence-electron chi connectivity index (χ1n) is 5.87. The smallest absolute Gasteiger partial charge is 0.221 e. The molecule has 17 heavy (non-hydrogen) atoms. The van der Waals surface area contributed by atoms with Crippen molar-refractivity contribution in [2.24, 2.45) is 0 Å². The molecular weight excluding hydrogens is 216 g/mol. The zero-order valence-electron chi connectivity index (χ0n) is 10.4. The minimum Gasteiger partial charge on any atom is -0.396 e. The topological polar surface area (TPSA) is 80.0 Å². The number of hydrogen-bond acceptors (Lipinski definition) is 4. The van der Waals surface area contributed by atoms with E-state index in [1.807, 2.05) is 26.0 Å². The number of carbonyl (C=O) groups is 1. The van der Waals surface area contributed by atoms with Crippen LogP contribution in [0.15, 0.2) is 12.1 Å². The molecule has 4 N–H and O–H groups in total. The second kappa shape index (κ2) is 6.73. The van der Waals surface area contributed by atoms with Crippen molar-refractivity contribution >= 4 is 17.4 Å². The summed E-state index contributed by atoms with van der Waals surface area (Å²) < 4.78 is 0. The first-order valence-corrected chi connectivity index (χ1v) is 5.87. The lowest BCUT2D eigenvalue weighted by molar-refractivity contribution is -0.120. The average molecular weight is 236 g/mol. The summed E-state index contributed by atoms with van der Waals surface area (Å²) in [4.78, 5) is 15.6. The van der Waals surface area contributed by atoms with Crippen molar-refractivity contribution in [2.75, 3.05) is 24.1 Å². The van der Waals surface area contributed by atoms with Crippen LogP contribution in [0.1, 0.15) is 25.5 Å². The van der Waals surface area contributed by atoms with Gasteiger partial charge in [-0.15, -0.1) is 0 Å². The van der Waals surface area contributed by atoms with E-state index in [1.165, 1.54) is 0 Å². The number of nitrogen functional groups attached to an aromatic ring is 1. The molecule has 1 aromatic rings. The van der Waals surface area contributed by atoms with Gasteiger partial charge in [-0.25, -0.2) is 4.98 Å². The number of aromatic nitrogens is 1. The molecule has 0 unspecified atom stereocenters. The molecule has 5 nitrogen and oxygen atoms in total. The highest BCUT2D eigenvalue weighted by molar-refractivity contribution is 5.76. The highest BCUT2D eigenvalue weighted by atomic mass is 16.1. The number of hydrogen-bond donors (Lipinski definition) is 3. The SMILES string of the molecule is CCCNC(=O)CCNc1nc(C)ccc1N. The molecule has 0 aliphatic rings. The van der Waals surface area contributed by atoms with E-state index in [0.29, 0.717) is 24.5 Å². The third-order valence-corrected chi connectivity index (χ3v) is 2.28. The monoisotopic (exact) mass is 236 g/mol. The van der Waals surface area contributed by atoms with Crippen LogP contribution in [0.5, 0.6) is 0 Å². The van der Waals surface area contributed by atoms with Crippen LogP contribution in [0.25, 0.3) is 0 Å². The summed E-state index contributed by atoms with van der Waals surface area (Å²) in [6.45, 7) is 5.19. The molecule has 0 bridgehead atoms. The molecule has 0 atom stereocenters. The highest BCUT2D eigenvalue weighted by Crippen LogP contribution is 2.14. The van der Waals surface area contributed by atoms with E-state index in [1.54, 1.807) is 0 Å². The van der Waals surface area contributed by atoms with Gasteiger partial charge >= 0.3 is 0 Å². The number of nitrogens with one attached hydrogen (secondary N) is 2. The van der Waals surface area contributed by atoms with Crippen LogP contribution in [0, 0.1) is 6.92 Å². The van der Waals surface area contributed by atoms with E-state index >= 15 is 0 Å². The Balaban J connectivity index is 2.35. The van der Waals surface area contributed by atoms with Crippen LogP contribution in [-0.2, 0) is 4.79 Å². The van der Waals surface area contributed by atoms with E-state index in [4.69, 9.17) is 5.73 Å². The van der Waals surface area contributed by atoms with Crippen molar-refractivity contribution in [1.29, 1.82) is 0 Å². The van der Waals surface area contributed by atoms with Gasteiger partial charge in [0.25, 0.3) is 0 Å². The average Bonchev–Trinajstić information content (AvgIpc) is 2.31. The summed E-state index contributed by atoms with van der Waals surface area (Å²) in [6, 6.07) is 3.66. The number of carbonyl (C=O) groups excluding carboxylic acids is 1. The van der Waals surface area contributed by atoms with Crippen molar-refractivity contribution in [3.63, 3.8) is 0 Å². The number of rotatable bonds is 6. The normalized spacial score (nSPS) is 10.0. The number of nitrogens with two attached hydrogens (primary N) is 1. The Morgan fingerprint density at radius 2 is 2.18 bits per heavy atom. The Hall–Kier alpha value is -1.78. The van der Waals surface area contributed by atoms with Crippen molar-refractivity contribution in [2.45, 2.75) is 26.7 Å². The highest BCUT2D eigenvalue weighted by Gasteiger charge is 2.03. The lowest BCUT2D eigenvalue weighted by Gasteiger charge is -2.09. The summed E-state index contributed by atoms with van der Waals surface area (Å²) in [7, 11) is 0. The molecule has 1 amide bonds. The molecule has 0 saturated carbocycles. The van der Waals surface area contributed by atoms with Crippen LogP contribution < -0.4 is 16.4 Å². The molecule has 1 aromatic heterocycles. The quantitative estimate of drug-likeness (QED) is 0.695. The Morgan fingerprint density at radius 3 is 2.88 bits per heavy atom. The lowest BCUT2D eigenvalue weighted by atomic mass is 10.3. The predicted molar refractivity (Wildman–Crippen MR) is 69.8 cm³/mol. The van der Waals surface area contributed by atoms with E-state index in [9.17, 15) is 4.79 Å². The number of anilines is 2. The first kappa shape index (κ1) is 13.3. The standard InChI is InChI=1S/C12H20N4O/c1-3-7-14-11(17)6-8-15-12-10(13)5-4-9(2)16-12/h4-5H,3,6-8,13H2,1-2H3,(H,14,17)(H,15,16). The van der Waals surface area contributed by atoms with E-state index in [2.05, 4.69) is 15.6 Å². The van der Waals surface area contributed by atoms with Crippen molar-refractivity contribution in [1.82, 2.24) is 10.3 Å². The Morgan fingerprint density at radius 1 is 1.41 bits per heavy atom. The zero-order chi connectivity index (χ0) is 12.7. The van der Waals surface area contributed by atoms with Gasteiger partial charge in [-0.3, -0.25) is 4.79 Å². The second-order valence-corrected chi connectivity index (χ2v) is 3.92. The zero-order valence-corrected chi connectivity index (χ0v) is 10.4. The maximum atomic E-state index is 11.3. The number of nitrogens with zero attached hydrogens (tertiary/aromatic N) is 1. The Labute approximate surface area is 102 Å². The summed E-state index contributed by atoms with van der Waals surface area (Å²) in [5.41, 5.74) is 7.26. The maximum Gasteiger partial charge on any atom is 0.221 e. The van der Waals surface area contributed by atoms with E-state index in [0.717, 1.165) is 18.7 Å². The van der Waals surface area contributed by atoms with Gasteiger partial charge in [0.15, 0.2) is 0 Å². The Kier molecular flexibility index (Phi) is 5.26. The minimum atomic E-state index is 0.0468. The maximum absolute atomic E-state index is 11.3. The molecule has 0 spiro atoms. The molecule has 5 heteroatoms. The fourth-order valence-electron chi connectivity index (χ4n) is 1.36. The van der Waals surface area contributed by atoms with Gasteiger partial charge in [0.1, 0.15) is 5.82 Å². The molecule has 94 valence electrons. The van der Waals surface area contributed by atoms with Crippen molar-refractivity contribution in [3.8, 4) is 0 Å². The fourth-order valence-corrected chi connectivity index (χ4v) is 1.36. The fraction of sp³-hybridized carbons (Fsp3) is 0.500. The molecule has 0 aromatic carbocycles. The third kappa shape index (κ3) is 4.72. The van der Waals surface area contributed by atoms with E-state index < -0.39 is 0 Å². The van der Waals surface area contributed by atoms with Crippen LogP contribution in [-0.4, -0.2) is 24.0 Å². The summed E-state index contributed by atoms with van der Waals surface area (Å²) in [5, 5.41) is 5.88. The largest absolute Gasteiger partial charge is 0.396 e. The molecule has 0 aliphatic heterocycles. The van der Waals surface area contributed by atoms with Crippen LogP contribution >= 0.6 is 0 Å². The molecule has 0 saturated heterocycles.